The highest BCUT2D eigenvalue weighted by molar-refractivity contribution is 6.30. The van der Waals surface area contributed by atoms with Crippen molar-refractivity contribution in [3.05, 3.63) is 59.1 Å². The molecule has 0 fully saturated rings. The maximum absolute atomic E-state index is 10.9. The molecule has 0 radical (unpaired) electrons. The topological polar surface area (TPSA) is 61.6 Å². The van der Waals surface area contributed by atoms with Crippen LogP contribution in [0.5, 0.6) is 11.5 Å². The Morgan fingerprint density at radius 2 is 1.35 bits per heavy atom. The molecule has 20 heavy (non-hydrogen) atoms. The Morgan fingerprint density at radius 1 is 0.900 bits per heavy atom. The van der Waals surface area contributed by atoms with E-state index in [1.807, 2.05) is 0 Å². The third kappa shape index (κ3) is 4.17. The summed E-state index contributed by atoms with van der Waals surface area (Å²) in [6.45, 7) is 0.817. The first-order valence-electron chi connectivity index (χ1n) is 6.06. The van der Waals surface area contributed by atoms with Gasteiger partial charge in [-0.2, -0.15) is 0 Å². The fourth-order valence-corrected chi connectivity index (χ4v) is 1.69. The predicted octanol–water partition coefficient (Wildman–Crippen LogP) is 2.90. The number of benzene rings is 2. The Bertz CT molecular complexity index is 567. The summed E-state index contributed by atoms with van der Waals surface area (Å²) in [5, 5.41) is 0.670. The summed E-state index contributed by atoms with van der Waals surface area (Å²) in [5.41, 5.74) is 5.60. The molecule has 4 nitrogen and oxygen atoms in total. The Labute approximate surface area is 122 Å². The van der Waals surface area contributed by atoms with E-state index in [1.165, 1.54) is 0 Å². The Hall–Kier alpha value is -2.20. The largest absolute Gasteiger partial charge is 0.490 e. The molecule has 0 aromatic heterocycles. The average molecular weight is 292 g/mol. The molecule has 0 atom stereocenters. The highest BCUT2D eigenvalue weighted by Gasteiger charge is 2.00. The number of ether oxygens (including phenoxy) is 2. The van der Waals surface area contributed by atoms with Gasteiger partial charge in [0, 0.05) is 10.6 Å². The first kappa shape index (κ1) is 14.2. The van der Waals surface area contributed by atoms with E-state index in [9.17, 15) is 4.79 Å². The molecule has 2 aromatic rings. The minimum absolute atomic E-state index is 0.401. The van der Waals surface area contributed by atoms with Crippen molar-refractivity contribution in [2.45, 2.75) is 0 Å². The van der Waals surface area contributed by atoms with Crippen LogP contribution in [-0.4, -0.2) is 19.1 Å². The van der Waals surface area contributed by atoms with Gasteiger partial charge in [-0.1, -0.05) is 11.6 Å². The Morgan fingerprint density at radius 3 is 1.80 bits per heavy atom. The van der Waals surface area contributed by atoms with Crippen LogP contribution in [0.3, 0.4) is 0 Å². The molecule has 0 aliphatic rings. The van der Waals surface area contributed by atoms with Crippen molar-refractivity contribution >= 4 is 17.5 Å². The molecule has 104 valence electrons. The number of halogens is 1. The third-order valence-corrected chi connectivity index (χ3v) is 2.83. The van der Waals surface area contributed by atoms with Crippen LogP contribution in [-0.2, 0) is 0 Å². The number of nitrogens with two attached hydrogens (primary N) is 1. The predicted molar refractivity (Wildman–Crippen MR) is 77.4 cm³/mol. The van der Waals surface area contributed by atoms with Crippen molar-refractivity contribution in [3.63, 3.8) is 0 Å². The first-order valence-corrected chi connectivity index (χ1v) is 6.44. The van der Waals surface area contributed by atoms with Crippen molar-refractivity contribution in [2.75, 3.05) is 13.2 Å². The van der Waals surface area contributed by atoms with E-state index in [1.54, 1.807) is 48.5 Å². The lowest BCUT2D eigenvalue weighted by Crippen LogP contribution is -2.11. The van der Waals surface area contributed by atoms with Gasteiger partial charge in [-0.05, 0) is 48.5 Å². The van der Waals surface area contributed by atoms with Gasteiger partial charge in [0.05, 0.1) is 0 Å². The van der Waals surface area contributed by atoms with Crippen molar-refractivity contribution in [2.24, 2.45) is 5.73 Å². The first-order chi connectivity index (χ1) is 9.65. The molecule has 0 aliphatic carbocycles. The van der Waals surface area contributed by atoms with Crippen molar-refractivity contribution < 1.29 is 14.3 Å². The Kier molecular flexibility index (Phi) is 4.85. The maximum Gasteiger partial charge on any atom is 0.248 e. The van der Waals surface area contributed by atoms with E-state index in [0.717, 1.165) is 5.75 Å². The van der Waals surface area contributed by atoms with Crippen LogP contribution in [0, 0.1) is 0 Å². The molecule has 2 aromatic carbocycles. The van der Waals surface area contributed by atoms with Gasteiger partial charge in [0.1, 0.15) is 24.7 Å². The number of carbonyl (C=O) groups is 1. The van der Waals surface area contributed by atoms with Crippen LogP contribution >= 0.6 is 11.6 Å². The summed E-state index contributed by atoms with van der Waals surface area (Å²) in [4.78, 5) is 10.9. The van der Waals surface area contributed by atoms with E-state index in [-0.39, 0.29) is 0 Å². The molecule has 0 saturated heterocycles. The summed E-state index contributed by atoms with van der Waals surface area (Å²) in [7, 11) is 0. The monoisotopic (exact) mass is 291 g/mol. The summed E-state index contributed by atoms with van der Waals surface area (Å²) in [6.07, 6.45) is 0. The SMILES string of the molecule is NC(=O)c1ccc(OCCOc2ccc(Cl)cc2)cc1. The molecule has 0 bridgehead atoms. The van der Waals surface area contributed by atoms with E-state index < -0.39 is 5.91 Å². The van der Waals surface area contributed by atoms with E-state index in [0.29, 0.717) is 29.5 Å². The third-order valence-electron chi connectivity index (χ3n) is 2.57. The lowest BCUT2D eigenvalue weighted by atomic mass is 10.2. The van der Waals surface area contributed by atoms with Crippen LogP contribution in [0.1, 0.15) is 10.4 Å². The summed E-state index contributed by atoms with van der Waals surface area (Å²) >= 11 is 5.77. The summed E-state index contributed by atoms with van der Waals surface area (Å²) in [6, 6.07) is 13.8. The molecular weight excluding hydrogens is 278 g/mol. The number of hydrogen-bond acceptors (Lipinski definition) is 3. The summed E-state index contributed by atoms with van der Waals surface area (Å²) in [5.74, 6) is 0.944. The van der Waals surface area contributed by atoms with Gasteiger partial charge < -0.3 is 15.2 Å². The molecular formula is C15H14ClNO3. The number of rotatable bonds is 6. The zero-order chi connectivity index (χ0) is 14.4. The van der Waals surface area contributed by atoms with Crippen molar-refractivity contribution in [3.8, 4) is 11.5 Å². The second-order valence-corrected chi connectivity index (χ2v) is 4.48. The van der Waals surface area contributed by atoms with Gasteiger partial charge in [-0.3, -0.25) is 4.79 Å². The van der Waals surface area contributed by atoms with Gasteiger partial charge in [-0.25, -0.2) is 0 Å². The fraction of sp³-hybridized carbons (Fsp3) is 0.133. The smallest absolute Gasteiger partial charge is 0.248 e. The average Bonchev–Trinajstić information content (AvgIpc) is 2.46. The second kappa shape index (κ2) is 6.82. The number of primary amides is 1. The van der Waals surface area contributed by atoms with Crippen LogP contribution in [0.25, 0.3) is 0 Å². The molecule has 0 saturated carbocycles. The lowest BCUT2D eigenvalue weighted by molar-refractivity contribution is 0.1000. The van der Waals surface area contributed by atoms with Crippen LogP contribution in [0.4, 0.5) is 0 Å². The molecule has 5 heteroatoms. The quantitative estimate of drug-likeness (QED) is 0.833. The van der Waals surface area contributed by atoms with E-state index >= 15 is 0 Å². The number of carbonyl (C=O) groups excluding carboxylic acids is 1. The van der Waals surface area contributed by atoms with Crippen LogP contribution in [0.2, 0.25) is 5.02 Å². The molecule has 2 rings (SSSR count). The van der Waals surface area contributed by atoms with Crippen molar-refractivity contribution in [1.29, 1.82) is 0 Å². The van der Waals surface area contributed by atoms with Gasteiger partial charge in [0.15, 0.2) is 0 Å². The van der Waals surface area contributed by atoms with Gasteiger partial charge in [0.2, 0.25) is 5.91 Å². The molecule has 1 amide bonds. The molecule has 0 heterocycles. The van der Waals surface area contributed by atoms with Gasteiger partial charge in [0.25, 0.3) is 0 Å². The lowest BCUT2D eigenvalue weighted by Gasteiger charge is -2.08. The second-order valence-electron chi connectivity index (χ2n) is 4.04. The van der Waals surface area contributed by atoms with Gasteiger partial charge >= 0.3 is 0 Å². The van der Waals surface area contributed by atoms with Gasteiger partial charge in [-0.15, -0.1) is 0 Å². The zero-order valence-electron chi connectivity index (χ0n) is 10.7. The Balaban J connectivity index is 1.75. The minimum Gasteiger partial charge on any atom is -0.490 e. The molecule has 0 unspecified atom stereocenters. The zero-order valence-corrected chi connectivity index (χ0v) is 11.5. The van der Waals surface area contributed by atoms with E-state index in [4.69, 9.17) is 26.8 Å². The molecule has 2 N–H and O–H groups in total. The van der Waals surface area contributed by atoms with Crippen LogP contribution < -0.4 is 15.2 Å². The highest BCUT2D eigenvalue weighted by atomic mass is 35.5. The maximum atomic E-state index is 10.9. The minimum atomic E-state index is -0.456. The highest BCUT2D eigenvalue weighted by Crippen LogP contribution is 2.16. The van der Waals surface area contributed by atoms with E-state index in [2.05, 4.69) is 0 Å². The number of amides is 1. The normalized spacial score (nSPS) is 10.1. The standard InChI is InChI=1S/C15H14ClNO3/c16-12-3-7-14(8-4-12)20-10-9-19-13-5-1-11(2-6-13)15(17)18/h1-8H,9-10H2,(H2,17,18). The molecule has 0 spiro atoms. The molecule has 0 aliphatic heterocycles. The van der Waals surface area contributed by atoms with Crippen LogP contribution in [0.15, 0.2) is 48.5 Å². The van der Waals surface area contributed by atoms with Crippen molar-refractivity contribution in [1.82, 2.24) is 0 Å². The number of hydrogen-bond donors (Lipinski definition) is 1. The fourth-order valence-electron chi connectivity index (χ4n) is 1.57. The summed E-state index contributed by atoms with van der Waals surface area (Å²) < 4.78 is 11.0.